The number of rotatable bonds is 27. The summed E-state index contributed by atoms with van der Waals surface area (Å²) in [6.45, 7) is 4.05. The van der Waals surface area contributed by atoms with Crippen LogP contribution in [0.4, 0.5) is 0 Å². The van der Waals surface area contributed by atoms with E-state index >= 15 is 0 Å². The Balaban J connectivity index is 1.79. The summed E-state index contributed by atoms with van der Waals surface area (Å²) in [5.41, 5.74) is 8.46. The molecule has 0 aliphatic carbocycles. The van der Waals surface area contributed by atoms with Crippen LogP contribution in [-0.2, 0) is 67.5 Å². The highest BCUT2D eigenvalue weighted by atomic mass is 31.3. The molecule has 2 rings (SSSR count). The molecule has 8 N–H and O–H groups in total. The maximum atomic E-state index is 12.3. The number of carbonyl (C=O) groups is 1. The molecule has 318 valence electrons. The van der Waals surface area contributed by atoms with Gasteiger partial charge < -0.3 is 49.4 Å². The van der Waals surface area contributed by atoms with Crippen LogP contribution in [-0.4, -0.2) is 83.5 Å². The zero-order valence-electron chi connectivity index (χ0n) is 28.9. The van der Waals surface area contributed by atoms with Crippen molar-refractivity contribution in [2.45, 2.75) is 89.6 Å². The number of azide groups is 1. The largest absolute Gasteiger partial charge is 0.490 e. The highest BCUT2D eigenvalue weighted by Crippen LogP contribution is 2.75. The van der Waals surface area contributed by atoms with Gasteiger partial charge in [-0.2, -0.15) is 21.6 Å². The number of phosphoric ester groups is 2. The SMILES string of the molecule is C=C1NC(=O)C(C)=CN1[C@H]1CC(O)[C@@H](COP(=O)(O)OP(=O)(O)OP(=O)(O)OP(=O)(O)OP(=O)(O)OP(=O)(O)OCCCCCCCCCCCN=[N+]=[N-])O1. The average Bonchev–Trinajstić information content (AvgIpc) is 3.37. The minimum atomic E-state index is -6.44. The van der Waals surface area contributed by atoms with Crippen molar-refractivity contribution >= 4 is 52.8 Å². The summed E-state index contributed by atoms with van der Waals surface area (Å²) in [4.78, 5) is 74.0. The lowest BCUT2D eigenvalue weighted by molar-refractivity contribution is -0.118. The van der Waals surface area contributed by atoms with Gasteiger partial charge in [0.05, 0.1) is 19.3 Å². The summed E-state index contributed by atoms with van der Waals surface area (Å²) in [5, 5.41) is 16.2. The van der Waals surface area contributed by atoms with Crippen molar-refractivity contribution in [1.29, 1.82) is 0 Å². The number of nitrogens with zero attached hydrogens (tertiary/aromatic N) is 4. The molecular weight excluding hydrogens is 872 g/mol. The molecule has 0 aromatic heterocycles. The molecule has 0 aromatic carbocycles. The van der Waals surface area contributed by atoms with E-state index in [0.29, 0.717) is 19.4 Å². The molecule has 0 spiro atoms. The Bertz CT molecular complexity index is 1730. The zero-order chi connectivity index (χ0) is 41.7. The highest BCUT2D eigenvalue weighted by molar-refractivity contribution is 7.72. The topological polar surface area (TPSA) is 399 Å². The second kappa shape index (κ2) is 21.7. The Hall–Kier alpha value is -1.16. The molecule has 7 unspecified atom stereocenters. The molecule has 27 nitrogen and oxygen atoms in total. The fraction of sp³-hybridized carbons (Fsp3) is 0.773. The molecule has 1 fully saturated rings. The number of amides is 1. The molecule has 0 aromatic rings. The van der Waals surface area contributed by atoms with Crippen molar-refractivity contribution in [3.8, 4) is 0 Å². The predicted octanol–water partition coefficient (Wildman–Crippen LogP) is 4.81. The van der Waals surface area contributed by atoms with Gasteiger partial charge in [0.25, 0.3) is 5.91 Å². The third-order valence-corrected chi connectivity index (χ3v) is 16.2. The Kier molecular flexibility index (Phi) is 19.7. The van der Waals surface area contributed by atoms with Gasteiger partial charge in [-0.1, -0.05) is 56.6 Å². The quantitative estimate of drug-likeness (QED) is 0.0180. The lowest BCUT2D eigenvalue weighted by atomic mass is 10.1. The molecule has 55 heavy (non-hydrogen) atoms. The van der Waals surface area contributed by atoms with Gasteiger partial charge in [-0.25, -0.2) is 27.4 Å². The number of phosphoric acid groups is 6. The third-order valence-electron chi connectivity index (χ3n) is 6.93. The lowest BCUT2D eigenvalue weighted by Crippen LogP contribution is -2.42. The van der Waals surface area contributed by atoms with E-state index in [-0.39, 0.29) is 24.2 Å². The van der Waals surface area contributed by atoms with Crippen molar-refractivity contribution in [3.05, 3.63) is 34.6 Å². The first-order valence-electron chi connectivity index (χ1n) is 15.9. The van der Waals surface area contributed by atoms with E-state index in [4.69, 9.17) is 10.3 Å². The second-order valence-electron chi connectivity index (χ2n) is 11.5. The standard InChI is InChI=1S/C22H43N5O22P6/c1-17-15-27(18(2)25-22(17)29)21-14-19(28)20(44-21)16-43-51(32,33)46-53(36,37)48-55(40,41)49-54(38,39)47-52(34,35)45-50(30,31)42-13-11-9-7-5-3-4-6-8-10-12-24-26-23/h15,19-21,28H,2-14,16H2,1H3,(H,25,29)(H,30,31)(H,32,33)(H,34,35)(H,36,37)(H,38,39)(H,40,41)/t19?,20-,21-/m1/s1. The van der Waals surface area contributed by atoms with Crippen LogP contribution in [0.2, 0.25) is 0 Å². The summed E-state index contributed by atoms with van der Waals surface area (Å²) in [7, 11) is -36.5. The molecule has 1 amide bonds. The smallest absolute Gasteiger partial charge is 0.390 e. The average molecular weight is 915 g/mol. The van der Waals surface area contributed by atoms with Crippen LogP contribution in [0.1, 0.15) is 71.1 Å². The van der Waals surface area contributed by atoms with Gasteiger partial charge in [0.1, 0.15) is 18.2 Å². The summed E-state index contributed by atoms with van der Waals surface area (Å²) < 4.78 is 106. The van der Waals surface area contributed by atoms with Gasteiger partial charge in [0.2, 0.25) is 0 Å². The molecule has 2 aliphatic rings. The highest BCUT2D eigenvalue weighted by Gasteiger charge is 2.50. The van der Waals surface area contributed by atoms with Crippen LogP contribution in [0.3, 0.4) is 0 Å². The number of carbonyl (C=O) groups excluding carboxylic acids is 1. The van der Waals surface area contributed by atoms with E-state index in [2.05, 4.69) is 52.5 Å². The van der Waals surface area contributed by atoms with E-state index in [1.807, 2.05) is 0 Å². The molecule has 9 atom stereocenters. The summed E-state index contributed by atoms with van der Waals surface area (Å²) >= 11 is 0. The van der Waals surface area contributed by atoms with E-state index in [9.17, 15) is 66.7 Å². The second-order valence-corrected chi connectivity index (χ2v) is 20.9. The molecule has 2 aliphatic heterocycles. The first kappa shape index (κ1) is 50.0. The molecule has 0 bridgehead atoms. The fourth-order valence-electron chi connectivity index (χ4n) is 4.61. The maximum absolute atomic E-state index is 12.3. The van der Waals surface area contributed by atoms with Gasteiger partial charge >= 0.3 is 46.9 Å². The number of aliphatic hydroxyl groups excluding tert-OH is 1. The Morgan fingerprint density at radius 3 is 1.73 bits per heavy atom. The van der Waals surface area contributed by atoms with E-state index in [0.717, 1.165) is 38.5 Å². The molecule has 2 heterocycles. The van der Waals surface area contributed by atoms with Gasteiger partial charge in [-0.3, -0.25) is 13.8 Å². The van der Waals surface area contributed by atoms with Crippen molar-refractivity contribution in [2.24, 2.45) is 5.11 Å². The van der Waals surface area contributed by atoms with Crippen LogP contribution in [0.25, 0.3) is 10.4 Å². The van der Waals surface area contributed by atoms with E-state index < -0.39 is 84.5 Å². The Morgan fingerprint density at radius 1 is 0.800 bits per heavy atom. The number of hydrogen-bond donors (Lipinski definition) is 8. The molecule has 0 saturated carbocycles. The normalized spacial score (nSPS) is 25.6. The molecular formula is C22H43N5O22P6. The summed E-state index contributed by atoms with van der Waals surface area (Å²) in [6, 6.07) is 0. The van der Waals surface area contributed by atoms with Crippen LogP contribution in [0.15, 0.2) is 29.3 Å². The van der Waals surface area contributed by atoms with Crippen molar-refractivity contribution < 1.29 is 102 Å². The number of unbranched alkanes of at least 4 members (excludes halogenated alkanes) is 8. The Morgan fingerprint density at radius 2 is 1.24 bits per heavy atom. The zero-order valence-corrected chi connectivity index (χ0v) is 34.3. The molecule has 0 radical (unpaired) electrons. The van der Waals surface area contributed by atoms with Gasteiger partial charge in [0, 0.05) is 29.7 Å². The van der Waals surface area contributed by atoms with Gasteiger partial charge in [-0.15, -0.1) is 0 Å². The minimum Gasteiger partial charge on any atom is -0.390 e. The first-order valence-corrected chi connectivity index (χ1v) is 24.9. The monoisotopic (exact) mass is 915 g/mol. The van der Waals surface area contributed by atoms with Gasteiger partial charge in [-0.05, 0) is 25.3 Å². The fourth-order valence-corrected chi connectivity index (χ4v) is 12.4. The maximum Gasteiger partial charge on any atom is 0.490 e. The van der Waals surface area contributed by atoms with Crippen LogP contribution in [0.5, 0.6) is 0 Å². The van der Waals surface area contributed by atoms with Crippen molar-refractivity contribution in [1.82, 2.24) is 10.2 Å². The van der Waals surface area contributed by atoms with E-state index in [1.165, 1.54) is 18.0 Å². The van der Waals surface area contributed by atoms with Crippen LogP contribution >= 0.6 is 46.9 Å². The third kappa shape index (κ3) is 19.9. The Labute approximate surface area is 313 Å². The first-order chi connectivity index (χ1) is 25.3. The summed E-state index contributed by atoms with van der Waals surface area (Å²) in [5.74, 6) is -0.377. The number of hydrogen-bond acceptors (Lipinski definition) is 18. The van der Waals surface area contributed by atoms with Gasteiger partial charge in [0.15, 0.2) is 0 Å². The molecule has 33 heteroatoms. The predicted molar refractivity (Wildman–Crippen MR) is 184 cm³/mol. The van der Waals surface area contributed by atoms with Crippen LogP contribution in [0, 0.1) is 0 Å². The summed E-state index contributed by atoms with van der Waals surface area (Å²) in [6.07, 6.45) is 4.22. The lowest BCUT2D eigenvalue weighted by Gasteiger charge is -2.32. The van der Waals surface area contributed by atoms with Crippen LogP contribution < -0.4 is 5.32 Å². The van der Waals surface area contributed by atoms with Crippen molar-refractivity contribution in [3.63, 3.8) is 0 Å². The number of nitrogens with one attached hydrogen (secondary N) is 1. The number of ether oxygens (including phenoxy) is 1. The number of aliphatic hydroxyl groups is 1. The molecule has 1 saturated heterocycles. The minimum absolute atomic E-state index is 0.0714. The van der Waals surface area contributed by atoms with E-state index in [1.54, 1.807) is 0 Å². The van der Waals surface area contributed by atoms with Crippen molar-refractivity contribution in [2.75, 3.05) is 19.8 Å².